The van der Waals surface area contributed by atoms with E-state index >= 15 is 0 Å². The van der Waals surface area contributed by atoms with Crippen molar-refractivity contribution < 1.29 is 13.2 Å². The molecule has 0 atom stereocenters. The summed E-state index contributed by atoms with van der Waals surface area (Å²) >= 11 is 0. The summed E-state index contributed by atoms with van der Waals surface area (Å²) < 4.78 is 33.9. The zero-order valence-corrected chi connectivity index (χ0v) is 18.9. The SMILES string of the molecule is Cc1cc(C(C)(C)C)cc(C)c1S(=O)(=O)N1CCC(OCCCN)CC1.Cl. The first-order chi connectivity index (χ1) is 12.1. The Morgan fingerprint density at radius 3 is 2.11 bits per heavy atom. The Morgan fingerprint density at radius 2 is 1.67 bits per heavy atom. The number of piperidine rings is 1. The van der Waals surface area contributed by atoms with Crippen LogP contribution in [0.4, 0.5) is 0 Å². The van der Waals surface area contributed by atoms with Gasteiger partial charge in [0.05, 0.1) is 11.0 Å². The number of hydrogen-bond acceptors (Lipinski definition) is 4. The molecule has 0 aliphatic carbocycles. The molecule has 0 spiro atoms. The Hall–Kier alpha value is -0.660. The molecular formula is C20H35ClN2O3S. The van der Waals surface area contributed by atoms with E-state index in [1.165, 1.54) is 5.56 Å². The Balaban J connectivity index is 0.00000364. The summed E-state index contributed by atoms with van der Waals surface area (Å²) in [6.45, 7) is 12.5. The first-order valence-corrected chi connectivity index (χ1v) is 10.9. The predicted molar refractivity (Wildman–Crippen MR) is 113 cm³/mol. The van der Waals surface area contributed by atoms with Gasteiger partial charge >= 0.3 is 0 Å². The smallest absolute Gasteiger partial charge is 0.243 e. The number of sulfonamides is 1. The first-order valence-electron chi connectivity index (χ1n) is 9.51. The number of aryl methyl sites for hydroxylation is 2. The topological polar surface area (TPSA) is 72.6 Å². The molecule has 156 valence electrons. The molecule has 1 aliphatic rings. The second-order valence-corrected chi connectivity index (χ2v) is 10.2. The van der Waals surface area contributed by atoms with Crippen LogP contribution in [0.3, 0.4) is 0 Å². The molecule has 1 aromatic carbocycles. The third-order valence-corrected chi connectivity index (χ3v) is 7.23. The van der Waals surface area contributed by atoms with Gasteiger partial charge in [0.2, 0.25) is 10.0 Å². The van der Waals surface area contributed by atoms with Crippen molar-refractivity contribution >= 4 is 22.4 Å². The van der Waals surface area contributed by atoms with Gasteiger partial charge < -0.3 is 10.5 Å². The molecule has 0 aromatic heterocycles. The number of benzene rings is 1. The zero-order valence-electron chi connectivity index (χ0n) is 17.2. The molecule has 1 aliphatic heterocycles. The number of rotatable bonds is 6. The van der Waals surface area contributed by atoms with Gasteiger partial charge in [-0.25, -0.2) is 8.42 Å². The molecule has 1 saturated heterocycles. The molecule has 27 heavy (non-hydrogen) atoms. The highest BCUT2D eigenvalue weighted by atomic mass is 35.5. The highest BCUT2D eigenvalue weighted by Gasteiger charge is 2.32. The van der Waals surface area contributed by atoms with E-state index < -0.39 is 10.0 Å². The van der Waals surface area contributed by atoms with Crippen LogP contribution in [0.25, 0.3) is 0 Å². The monoisotopic (exact) mass is 418 g/mol. The van der Waals surface area contributed by atoms with Crippen molar-refractivity contribution in [3.63, 3.8) is 0 Å². The van der Waals surface area contributed by atoms with Crippen LogP contribution in [0.15, 0.2) is 17.0 Å². The fraction of sp³-hybridized carbons (Fsp3) is 0.700. The zero-order chi connectivity index (χ0) is 19.5. The second kappa shape index (κ2) is 9.70. The van der Waals surface area contributed by atoms with Crippen LogP contribution in [-0.4, -0.2) is 45.1 Å². The summed E-state index contributed by atoms with van der Waals surface area (Å²) in [6, 6.07) is 4.03. The molecule has 0 amide bonds. The minimum atomic E-state index is -3.48. The summed E-state index contributed by atoms with van der Waals surface area (Å²) in [4.78, 5) is 0.466. The summed E-state index contributed by atoms with van der Waals surface area (Å²) in [5.74, 6) is 0. The van der Waals surface area contributed by atoms with E-state index in [0.29, 0.717) is 31.1 Å². The van der Waals surface area contributed by atoms with Crippen LogP contribution < -0.4 is 5.73 Å². The minimum Gasteiger partial charge on any atom is -0.378 e. The highest BCUT2D eigenvalue weighted by Crippen LogP contribution is 2.31. The highest BCUT2D eigenvalue weighted by molar-refractivity contribution is 7.89. The number of hydrogen-bond donors (Lipinski definition) is 1. The van der Waals surface area contributed by atoms with Gasteiger partial charge in [0, 0.05) is 19.7 Å². The van der Waals surface area contributed by atoms with E-state index in [-0.39, 0.29) is 23.9 Å². The minimum absolute atomic E-state index is 0. The van der Waals surface area contributed by atoms with Crippen LogP contribution in [-0.2, 0) is 20.2 Å². The molecule has 7 heteroatoms. The van der Waals surface area contributed by atoms with E-state index in [2.05, 4.69) is 20.8 Å². The van der Waals surface area contributed by atoms with Crippen LogP contribution in [0.2, 0.25) is 0 Å². The maximum absolute atomic E-state index is 13.2. The maximum atomic E-state index is 13.2. The number of nitrogens with two attached hydrogens (primary N) is 1. The van der Waals surface area contributed by atoms with Crippen molar-refractivity contribution in [2.75, 3.05) is 26.2 Å². The average Bonchev–Trinajstić information content (AvgIpc) is 2.54. The lowest BCUT2D eigenvalue weighted by Crippen LogP contribution is -2.41. The van der Waals surface area contributed by atoms with Crippen molar-refractivity contribution in [3.8, 4) is 0 Å². The van der Waals surface area contributed by atoms with Crippen LogP contribution in [0, 0.1) is 13.8 Å². The molecule has 2 rings (SSSR count). The third kappa shape index (κ3) is 5.91. The van der Waals surface area contributed by atoms with Crippen LogP contribution in [0.1, 0.15) is 56.7 Å². The van der Waals surface area contributed by atoms with Gasteiger partial charge in [-0.3, -0.25) is 0 Å². The maximum Gasteiger partial charge on any atom is 0.243 e. The van der Waals surface area contributed by atoms with Crippen molar-refractivity contribution in [2.45, 2.75) is 70.3 Å². The molecular weight excluding hydrogens is 384 g/mol. The van der Waals surface area contributed by atoms with Crippen molar-refractivity contribution in [1.82, 2.24) is 4.31 Å². The standard InChI is InChI=1S/C20H34N2O3S.ClH/c1-15-13-17(20(3,4)5)14-16(2)19(15)26(23,24)22-10-7-18(8-11-22)25-12-6-9-21;/h13-14,18H,6-12,21H2,1-5H3;1H. The lowest BCUT2D eigenvalue weighted by Gasteiger charge is -2.32. The first kappa shape index (κ1) is 24.4. The third-order valence-electron chi connectivity index (χ3n) is 5.03. The molecule has 0 unspecified atom stereocenters. The van der Waals surface area contributed by atoms with E-state index in [4.69, 9.17) is 10.5 Å². The Bertz CT molecular complexity index is 698. The number of ether oxygens (including phenoxy) is 1. The van der Waals surface area contributed by atoms with Crippen LogP contribution >= 0.6 is 12.4 Å². The van der Waals surface area contributed by atoms with E-state index in [1.54, 1.807) is 4.31 Å². The molecule has 1 fully saturated rings. The van der Waals surface area contributed by atoms with Crippen molar-refractivity contribution in [3.05, 3.63) is 28.8 Å². The van der Waals surface area contributed by atoms with Crippen molar-refractivity contribution in [2.24, 2.45) is 5.73 Å². The molecule has 0 bridgehead atoms. The Morgan fingerprint density at radius 1 is 1.15 bits per heavy atom. The summed E-state index contributed by atoms with van der Waals surface area (Å²) in [6.07, 6.45) is 2.46. The molecule has 1 heterocycles. The fourth-order valence-electron chi connectivity index (χ4n) is 3.49. The van der Waals surface area contributed by atoms with Gasteiger partial charge in [-0.15, -0.1) is 12.4 Å². The molecule has 0 radical (unpaired) electrons. The van der Waals surface area contributed by atoms with E-state index in [9.17, 15) is 8.42 Å². The second-order valence-electron chi connectivity index (χ2n) is 8.31. The lowest BCUT2D eigenvalue weighted by atomic mass is 9.85. The lowest BCUT2D eigenvalue weighted by molar-refractivity contribution is 0.0209. The molecule has 2 N–H and O–H groups in total. The van der Waals surface area contributed by atoms with Gasteiger partial charge in [-0.1, -0.05) is 32.9 Å². The average molecular weight is 419 g/mol. The molecule has 0 saturated carbocycles. The predicted octanol–water partition coefficient (Wildman–Crippen LogP) is 3.54. The summed E-state index contributed by atoms with van der Waals surface area (Å²) in [5.41, 5.74) is 8.31. The quantitative estimate of drug-likeness (QED) is 0.717. The summed E-state index contributed by atoms with van der Waals surface area (Å²) in [7, 11) is -3.48. The van der Waals surface area contributed by atoms with E-state index in [0.717, 1.165) is 30.4 Å². The Labute approximate surface area is 171 Å². The number of nitrogens with zero attached hydrogens (tertiary/aromatic N) is 1. The van der Waals surface area contributed by atoms with Gasteiger partial charge in [-0.05, 0) is 61.8 Å². The van der Waals surface area contributed by atoms with E-state index in [1.807, 2.05) is 26.0 Å². The molecule has 1 aromatic rings. The summed E-state index contributed by atoms with van der Waals surface area (Å²) in [5, 5.41) is 0. The molecule has 5 nitrogen and oxygen atoms in total. The van der Waals surface area contributed by atoms with Crippen LogP contribution in [0.5, 0.6) is 0 Å². The van der Waals surface area contributed by atoms with Crippen molar-refractivity contribution in [1.29, 1.82) is 0 Å². The fourth-order valence-corrected chi connectivity index (χ4v) is 5.37. The van der Waals surface area contributed by atoms with Gasteiger partial charge in [0.1, 0.15) is 0 Å². The van der Waals surface area contributed by atoms with Gasteiger partial charge in [-0.2, -0.15) is 4.31 Å². The number of halogens is 1. The van der Waals surface area contributed by atoms with Gasteiger partial charge in [0.15, 0.2) is 0 Å². The normalized spacial score (nSPS) is 17.0. The van der Waals surface area contributed by atoms with Gasteiger partial charge in [0.25, 0.3) is 0 Å². The largest absolute Gasteiger partial charge is 0.378 e. The Kier molecular flexibility index (Phi) is 8.76.